The first-order valence-electron chi connectivity index (χ1n) is 10.4. The molecule has 2 aromatic rings. The Morgan fingerprint density at radius 1 is 1.25 bits per heavy atom. The molecule has 2 heterocycles. The zero-order chi connectivity index (χ0) is 22.9. The lowest BCUT2D eigenvalue weighted by atomic mass is 9.97. The third-order valence-corrected chi connectivity index (χ3v) is 8.08. The number of halogens is 1. The minimum absolute atomic E-state index is 0.00484. The summed E-state index contributed by atoms with van der Waals surface area (Å²) < 4.78 is 33.1. The maximum Gasteiger partial charge on any atom is 0.262 e. The molecule has 0 aliphatic carbocycles. The van der Waals surface area contributed by atoms with Gasteiger partial charge in [0.2, 0.25) is 15.9 Å². The maximum atomic E-state index is 13.2. The van der Waals surface area contributed by atoms with Gasteiger partial charge >= 0.3 is 0 Å². The van der Waals surface area contributed by atoms with Crippen LogP contribution in [0.3, 0.4) is 0 Å². The standard InChI is InChI=1S/C22H24ClN3O5S/c1-2-14-4-3-5-16(10-14)24-22(28)15-6-8-26(9-7-15)32(29,30)20-12-19-18(11-17(20)23)25-21(27)13-31-19/h3-5,10-12,15H,2,6-9,13H2,1H3,(H,24,28)(H,25,27). The molecular weight excluding hydrogens is 454 g/mol. The van der Waals surface area contributed by atoms with Gasteiger partial charge in [-0.1, -0.05) is 30.7 Å². The Labute approximate surface area is 191 Å². The van der Waals surface area contributed by atoms with Gasteiger partial charge in [-0.25, -0.2) is 8.42 Å². The number of aryl methyl sites for hydroxylation is 1. The van der Waals surface area contributed by atoms with Crippen LogP contribution in [0.4, 0.5) is 11.4 Å². The zero-order valence-electron chi connectivity index (χ0n) is 17.6. The number of fused-ring (bicyclic) bond motifs is 1. The first-order chi connectivity index (χ1) is 15.3. The predicted octanol–water partition coefficient (Wildman–Crippen LogP) is 3.27. The van der Waals surface area contributed by atoms with Gasteiger partial charge in [-0.3, -0.25) is 9.59 Å². The van der Waals surface area contributed by atoms with Crippen LogP contribution in [-0.2, 0) is 26.0 Å². The van der Waals surface area contributed by atoms with Crippen LogP contribution < -0.4 is 15.4 Å². The van der Waals surface area contributed by atoms with E-state index < -0.39 is 10.0 Å². The largest absolute Gasteiger partial charge is 0.482 e. The summed E-state index contributed by atoms with van der Waals surface area (Å²) >= 11 is 6.23. The van der Waals surface area contributed by atoms with Gasteiger partial charge in [-0.15, -0.1) is 0 Å². The highest BCUT2D eigenvalue weighted by Crippen LogP contribution is 2.37. The van der Waals surface area contributed by atoms with Crippen LogP contribution in [0.2, 0.25) is 5.02 Å². The lowest BCUT2D eigenvalue weighted by molar-refractivity contribution is -0.121. The fourth-order valence-electron chi connectivity index (χ4n) is 3.89. The molecule has 170 valence electrons. The number of piperidine rings is 1. The molecule has 0 saturated carbocycles. The van der Waals surface area contributed by atoms with Crippen LogP contribution in [-0.4, -0.2) is 44.2 Å². The number of hydrogen-bond acceptors (Lipinski definition) is 5. The van der Waals surface area contributed by atoms with E-state index in [4.69, 9.17) is 16.3 Å². The smallest absolute Gasteiger partial charge is 0.262 e. The average molecular weight is 478 g/mol. The normalized spacial score (nSPS) is 17.2. The van der Waals surface area contributed by atoms with E-state index in [9.17, 15) is 18.0 Å². The lowest BCUT2D eigenvalue weighted by Gasteiger charge is -2.31. The highest BCUT2D eigenvalue weighted by Gasteiger charge is 2.34. The van der Waals surface area contributed by atoms with Gasteiger partial charge in [0.05, 0.1) is 10.7 Å². The van der Waals surface area contributed by atoms with Gasteiger partial charge in [-0.05, 0) is 43.0 Å². The van der Waals surface area contributed by atoms with Crippen LogP contribution in [0.5, 0.6) is 5.75 Å². The molecule has 0 bridgehead atoms. The van der Waals surface area contributed by atoms with Crippen LogP contribution in [0.25, 0.3) is 0 Å². The summed E-state index contributed by atoms with van der Waals surface area (Å²) in [5.41, 5.74) is 2.22. The number of nitrogens with zero attached hydrogens (tertiary/aromatic N) is 1. The summed E-state index contributed by atoms with van der Waals surface area (Å²) in [5.74, 6) is -0.447. The summed E-state index contributed by atoms with van der Waals surface area (Å²) in [6, 6.07) is 10.4. The third kappa shape index (κ3) is 4.60. The summed E-state index contributed by atoms with van der Waals surface area (Å²) in [5, 5.41) is 5.55. The van der Waals surface area contributed by atoms with Gasteiger partial charge < -0.3 is 15.4 Å². The van der Waals surface area contributed by atoms with Gasteiger partial charge in [0.1, 0.15) is 10.6 Å². The Morgan fingerprint density at radius 3 is 2.72 bits per heavy atom. The summed E-state index contributed by atoms with van der Waals surface area (Å²) in [4.78, 5) is 24.1. The van der Waals surface area contributed by atoms with E-state index in [-0.39, 0.29) is 53.1 Å². The molecule has 32 heavy (non-hydrogen) atoms. The molecule has 2 N–H and O–H groups in total. The Balaban J connectivity index is 1.43. The number of sulfonamides is 1. The highest BCUT2D eigenvalue weighted by atomic mass is 35.5. The second-order valence-corrected chi connectivity index (χ2v) is 10.2. The minimum atomic E-state index is -3.88. The number of amides is 2. The van der Waals surface area contributed by atoms with Gasteiger partial charge in [-0.2, -0.15) is 4.31 Å². The molecule has 0 spiro atoms. The molecule has 0 unspecified atom stereocenters. The molecule has 2 aliphatic heterocycles. The fourth-order valence-corrected chi connectivity index (χ4v) is 5.88. The minimum Gasteiger partial charge on any atom is -0.482 e. The topological polar surface area (TPSA) is 105 Å². The predicted molar refractivity (Wildman–Crippen MR) is 122 cm³/mol. The number of nitrogens with one attached hydrogen (secondary N) is 2. The molecule has 8 nitrogen and oxygen atoms in total. The molecule has 2 aromatic carbocycles. The maximum absolute atomic E-state index is 13.2. The number of carbonyl (C=O) groups excluding carboxylic acids is 2. The van der Waals surface area contributed by atoms with Crippen LogP contribution in [0.1, 0.15) is 25.3 Å². The monoisotopic (exact) mass is 477 g/mol. The van der Waals surface area contributed by atoms with E-state index in [0.29, 0.717) is 18.5 Å². The number of anilines is 2. The van der Waals surface area contributed by atoms with Crippen LogP contribution in [0.15, 0.2) is 41.3 Å². The lowest BCUT2D eigenvalue weighted by Crippen LogP contribution is -2.41. The van der Waals surface area contributed by atoms with E-state index in [1.807, 2.05) is 31.2 Å². The number of ether oxygens (including phenoxy) is 1. The molecule has 0 aromatic heterocycles. The van der Waals surface area contributed by atoms with E-state index in [2.05, 4.69) is 10.6 Å². The van der Waals surface area contributed by atoms with E-state index >= 15 is 0 Å². The molecule has 1 saturated heterocycles. The summed E-state index contributed by atoms with van der Waals surface area (Å²) in [7, 11) is -3.88. The summed E-state index contributed by atoms with van der Waals surface area (Å²) in [6.07, 6.45) is 1.70. The van der Waals surface area contributed by atoms with Crippen molar-refractivity contribution in [1.29, 1.82) is 0 Å². The number of benzene rings is 2. The number of hydrogen-bond donors (Lipinski definition) is 2. The van der Waals surface area contributed by atoms with Crippen LogP contribution in [0, 0.1) is 5.92 Å². The Bertz CT molecular complexity index is 1160. The van der Waals surface area contributed by atoms with Gasteiger partial charge in [0, 0.05) is 30.8 Å². The van der Waals surface area contributed by atoms with Crippen molar-refractivity contribution in [2.45, 2.75) is 31.1 Å². The van der Waals surface area contributed by atoms with E-state index in [1.54, 1.807) is 0 Å². The fraction of sp³-hybridized carbons (Fsp3) is 0.364. The van der Waals surface area contributed by atoms with Gasteiger partial charge in [0.15, 0.2) is 6.61 Å². The Morgan fingerprint density at radius 2 is 2.00 bits per heavy atom. The molecule has 0 atom stereocenters. The van der Waals surface area contributed by atoms with Gasteiger partial charge in [0.25, 0.3) is 5.91 Å². The first-order valence-corrected chi connectivity index (χ1v) is 12.3. The van der Waals surface area contributed by atoms with E-state index in [1.165, 1.54) is 16.4 Å². The van der Waals surface area contributed by atoms with Crippen molar-refractivity contribution >= 4 is 44.8 Å². The van der Waals surface area contributed by atoms with Crippen molar-refractivity contribution in [2.24, 2.45) is 5.92 Å². The van der Waals surface area contributed by atoms with Crippen LogP contribution >= 0.6 is 11.6 Å². The Hall–Kier alpha value is -2.62. The SMILES string of the molecule is CCc1cccc(NC(=O)C2CCN(S(=O)(=O)c3cc4c(cc3Cl)NC(=O)CO4)CC2)c1. The first kappa shape index (κ1) is 22.6. The molecule has 4 rings (SSSR count). The van der Waals surface area contributed by atoms with Crippen molar-refractivity contribution in [1.82, 2.24) is 4.31 Å². The molecule has 1 fully saturated rings. The van der Waals surface area contributed by atoms with Crippen molar-refractivity contribution in [3.8, 4) is 5.75 Å². The van der Waals surface area contributed by atoms with Crippen molar-refractivity contribution in [3.05, 3.63) is 47.0 Å². The van der Waals surface area contributed by atoms with Crippen molar-refractivity contribution in [3.63, 3.8) is 0 Å². The molecular formula is C22H24ClN3O5S. The second kappa shape index (κ2) is 9.09. The highest BCUT2D eigenvalue weighted by molar-refractivity contribution is 7.89. The van der Waals surface area contributed by atoms with E-state index in [0.717, 1.165) is 17.7 Å². The van der Waals surface area contributed by atoms with Crippen molar-refractivity contribution < 1.29 is 22.7 Å². The quantitative estimate of drug-likeness (QED) is 0.687. The Kier molecular flexibility index (Phi) is 6.41. The molecule has 10 heteroatoms. The zero-order valence-corrected chi connectivity index (χ0v) is 19.1. The molecule has 2 amide bonds. The third-order valence-electron chi connectivity index (χ3n) is 5.71. The number of carbonyl (C=O) groups is 2. The summed E-state index contributed by atoms with van der Waals surface area (Å²) in [6.45, 7) is 2.28. The molecule has 0 radical (unpaired) electrons. The second-order valence-electron chi connectivity index (χ2n) is 7.84. The van der Waals surface area contributed by atoms with Crippen molar-refractivity contribution in [2.75, 3.05) is 30.3 Å². The number of rotatable bonds is 5. The molecule has 2 aliphatic rings. The average Bonchev–Trinajstić information content (AvgIpc) is 2.78.